The zero-order valence-corrected chi connectivity index (χ0v) is 15.2. The maximum absolute atomic E-state index is 5.38. The van der Waals surface area contributed by atoms with E-state index in [1.165, 1.54) is 29.7 Å². The van der Waals surface area contributed by atoms with Crippen molar-refractivity contribution in [1.82, 2.24) is 9.97 Å². The lowest BCUT2D eigenvalue weighted by molar-refractivity contribution is 0.972. The maximum atomic E-state index is 5.38. The van der Waals surface area contributed by atoms with E-state index in [4.69, 9.17) is 12.2 Å². The van der Waals surface area contributed by atoms with Crippen molar-refractivity contribution in [2.24, 2.45) is 0 Å². The van der Waals surface area contributed by atoms with Crippen molar-refractivity contribution < 1.29 is 0 Å². The first-order chi connectivity index (χ1) is 9.47. The molecule has 20 heavy (non-hydrogen) atoms. The minimum atomic E-state index is 0.602. The van der Waals surface area contributed by atoms with Crippen LogP contribution < -0.4 is 0 Å². The Kier molecular flexibility index (Phi) is 3.86. The monoisotopic (exact) mass is 412 g/mol. The lowest BCUT2D eigenvalue weighted by Gasteiger charge is -2.10. The van der Waals surface area contributed by atoms with Crippen LogP contribution in [0.25, 0.3) is 11.4 Å². The molecule has 1 saturated carbocycles. The minimum Gasteiger partial charge on any atom is -0.342 e. The first-order valence-corrected chi connectivity index (χ1v) is 8.53. The molecule has 0 saturated heterocycles. The van der Waals surface area contributed by atoms with Crippen LogP contribution in [0.2, 0.25) is 0 Å². The van der Waals surface area contributed by atoms with E-state index in [1.54, 1.807) is 0 Å². The Morgan fingerprint density at radius 3 is 2.30 bits per heavy atom. The SMILES string of the molecule is Cc1cc(-c2nc(=S)c(Br)c(C3CC3)[nH]2)cc(C)c1Br. The van der Waals surface area contributed by atoms with Gasteiger partial charge in [0.25, 0.3) is 0 Å². The van der Waals surface area contributed by atoms with Gasteiger partial charge in [-0.1, -0.05) is 28.1 Å². The van der Waals surface area contributed by atoms with Gasteiger partial charge in [-0.2, -0.15) is 0 Å². The summed E-state index contributed by atoms with van der Waals surface area (Å²) in [5.41, 5.74) is 4.69. The molecule has 1 aromatic carbocycles. The second kappa shape index (κ2) is 5.35. The highest BCUT2D eigenvalue weighted by molar-refractivity contribution is 9.10. The fraction of sp³-hybridized carbons (Fsp3) is 0.333. The Morgan fingerprint density at radius 2 is 1.75 bits per heavy atom. The number of aromatic nitrogens is 2. The largest absolute Gasteiger partial charge is 0.342 e. The number of nitrogens with one attached hydrogen (secondary N) is 1. The van der Waals surface area contributed by atoms with E-state index in [0.717, 1.165) is 20.3 Å². The average molecular weight is 414 g/mol. The lowest BCUT2D eigenvalue weighted by atomic mass is 10.1. The van der Waals surface area contributed by atoms with Crippen molar-refractivity contribution in [2.75, 3.05) is 0 Å². The van der Waals surface area contributed by atoms with Crippen molar-refractivity contribution in [3.8, 4) is 11.4 Å². The van der Waals surface area contributed by atoms with Crippen molar-refractivity contribution in [1.29, 1.82) is 0 Å². The third kappa shape index (κ3) is 2.63. The summed E-state index contributed by atoms with van der Waals surface area (Å²) < 4.78 is 2.74. The molecule has 5 heteroatoms. The van der Waals surface area contributed by atoms with Crippen molar-refractivity contribution in [3.63, 3.8) is 0 Å². The van der Waals surface area contributed by atoms with Gasteiger partial charge in [-0.3, -0.25) is 0 Å². The third-order valence-corrected chi connectivity index (χ3v) is 6.20. The number of nitrogens with zero attached hydrogens (tertiary/aromatic N) is 1. The van der Waals surface area contributed by atoms with Crippen LogP contribution in [-0.2, 0) is 0 Å². The van der Waals surface area contributed by atoms with Gasteiger partial charge in [0.1, 0.15) is 10.5 Å². The molecule has 0 spiro atoms. The molecule has 3 rings (SSSR count). The Balaban J connectivity index is 2.17. The van der Waals surface area contributed by atoms with Crippen molar-refractivity contribution in [3.05, 3.63) is 42.5 Å². The van der Waals surface area contributed by atoms with Gasteiger partial charge in [-0.25, -0.2) is 4.98 Å². The van der Waals surface area contributed by atoms with Gasteiger partial charge < -0.3 is 4.98 Å². The topological polar surface area (TPSA) is 28.7 Å². The van der Waals surface area contributed by atoms with E-state index in [1.807, 2.05) is 0 Å². The summed E-state index contributed by atoms with van der Waals surface area (Å²) in [5.74, 6) is 1.46. The standard InChI is InChI=1S/C15H14Br2N2S/c1-7-5-10(6-8(2)11(7)16)14-18-13(9-3-4-9)12(17)15(20)19-14/h5-6,9H,3-4H2,1-2H3,(H,18,19,20). The number of H-pyrrole nitrogens is 1. The van der Waals surface area contributed by atoms with Crippen molar-refractivity contribution >= 4 is 44.1 Å². The summed E-state index contributed by atoms with van der Waals surface area (Å²) in [7, 11) is 0. The molecular formula is C15H14Br2N2S. The number of halogens is 2. The fourth-order valence-corrected chi connectivity index (χ4v) is 3.29. The quantitative estimate of drug-likeness (QED) is 0.627. The predicted molar refractivity (Wildman–Crippen MR) is 91.7 cm³/mol. The van der Waals surface area contributed by atoms with Crippen LogP contribution in [-0.4, -0.2) is 9.97 Å². The minimum absolute atomic E-state index is 0.602. The summed E-state index contributed by atoms with van der Waals surface area (Å²) in [4.78, 5) is 7.99. The summed E-state index contributed by atoms with van der Waals surface area (Å²) in [5, 5.41) is 0. The molecule has 1 fully saturated rings. The molecule has 0 aliphatic heterocycles. The highest BCUT2D eigenvalue weighted by atomic mass is 79.9. The second-order valence-electron chi connectivity index (χ2n) is 5.32. The van der Waals surface area contributed by atoms with E-state index in [2.05, 4.69) is 67.8 Å². The van der Waals surface area contributed by atoms with Gasteiger partial charge in [0.15, 0.2) is 0 Å². The molecule has 0 unspecified atom stereocenters. The number of hydrogen-bond acceptors (Lipinski definition) is 2. The second-order valence-corrected chi connectivity index (χ2v) is 7.29. The molecule has 1 aromatic heterocycles. The van der Waals surface area contributed by atoms with Gasteiger partial charge >= 0.3 is 0 Å². The summed E-state index contributed by atoms with van der Waals surface area (Å²) >= 11 is 12.5. The summed E-state index contributed by atoms with van der Waals surface area (Å²) in [6.45, 7) is 4.19. The van der Waals surface area contributed by atoms with Crippen LogP contribution in [0.15, 0.2) is 21.1 Å². The fourth-order valence-electron chi connectivity index (χ4n) is 2.35. The zero-order chi connectivity index (χ0) is 14.4. The number of benzene rings is 1. The van der Waals surface area contributed by atoms with Gasteiger partial charge in [-0.05, 0) is 65.9 Å². The highest BCUT2D eigenvalue weighted by Gasteiger charge is 2.27. The molecule has 0 atom stereocenters. The first-order valence-electron chi connectivity index (χ1n) is 6.54. The summed E-state index contributed by atoms with van der Waals surface area (Å²) in [6.07, 6.45) is 2.46. The lowest BCUT2D eigenvalue weighted by Crippen LogP contribution is -1.98. The predicted octanol–water partition coefficient (Wildman–Crippen LogP) is 5.83. The first kappa shape index (κ1) is 14.4. The van der Waals surface area contributed by atoms with Gasteiger partial charge in [0.05, 0.1) is 4.47 Å². The van der Waals surface area contributed by atoms with E-state index >= 15 is 0 Å². The maximum Gasteiger partial charge on any atom is 0.144 e. The molecule has 1 N–H and O–H groups in total. The Labute approximate surface area is 140 Å². The van der Waals surface area contributed by atoms with E-state index < -0.39 is 0 Å². The molecule has 2 nitrogen and oxygen atoms in total. The molecule has 1 aliphatic rings. The number of aryl methyl sites for hydroxylation is 2. The molecule has 1 heterocycles. The number of hydrogen-bond donors (Lipinski definition) is 1. The molecule has 104 valence electrons. The van der Waals surface area contributed by atoms with Gasteiger partial charge in [0.2, 0.25) is 0 Å². The molecule has 0 bridgehead atoms. The molecule has 1 aliphatic carbocycles. The van der Waals surface area contributed by atoms with Crippen LogP contribution in [0.3, 0.4) is 0 Å². The van der Waals surface area contributed by atoms with Gasteiger partial charge in [0, 0.05) is 21.6 Å². The van der Waals surface area contributed by atoms with Crippen LogP contribution in [0.5, 0.6) is 0 Å². The smallest absolute Gasteiger partial charge is 0.144 e. The Bertz CT molecular complexity index is 725. The average Bonchev–Trinajstić information content (AvgIpc) is 3.22. The van der Waals surface area contributed by atoms with E-state index in [9.17, 15) is 0 Å². The highest BCUT2D eigenvalue weighted by Crippen LogP contribution is 2.43. The van der Waals surface area contributed by atoms with Crippen LogP contribution >= 0.6 is 44.1 Å². The molecule has 0 radical (unpaired) electrons. The van der Waals surface area contributed by atoms with Crippen molar-refractivity contribution in [2.45, 2.75) is 32.6 Å². The molecule has 0 amide bonds. The van der Waals surface area contributed by atoms with Gasteiger partial charge in [-0.15, -0.1) is 0 Å². The number of rotatable bonds is 2. The van der Waals surface area contributed by atoms with E-state index in [-0.39, 0.29) is 0 Å². The molecular weight excluding hydrogens is 400 g/mol. The zero-order valence-electron chi connectivity index (χ0n) is 11.3. The number of aromatic amines is 1. The third-order valence-electron chi connectivity index (χ3n) is 3.59. The van der Waals surface area contributed by atoms with Crippen LogP contribution in [0.1, 0.15) is 35.6 Å². The van der Waals surface area contributed by atoms with Crippen LogP contribution in [0, 0.1) is 18.5 Å². The van der Waals surface area contributed by atoms with E-state index in [0.29, 0.717) is 10.6 Å². The Morgan fingerprint density at radius 1 is 1.15 bits per heavy atom. The normalized spacial score (nSPS) is 14.6. The molecule has 2 aromatic rings. The van der Waals surface area contributed by atoms with Crippen LogP contribution in [0.4, 0.5) is 0 Å². The summed E-state index contributed by atoms with van der Waals surface area (Å²) in [6, 6.07) is 4.27. The Hall–Kier alpha value is -0.520.